The minimum atomic E-state index is -5.08. The fourth-order valence-electron chi connectivity index (χ4n) is 16.5. The number of ether oxygens (including phenoxy) is 4. The molecule has 13 rings (SSSR count). The van der Waals surface area contributed by atoms with E-state index in [9.17, 15) is 118 Å². The molecule has 10 N–H and O–H groups in total. The highest BCUT2D eigenvalue weighted by Gasteiger charge is 2.56. The minimum absolute atomic E-state index is 0. The Labute approximate surface area is 741 Å². The predicted octanol–water partition coefficient (Wildman–Crippen LogP) is 16.6. The van der Waals surface area contributed by atoms with Crippen LogP contribution in [-0.2, 0) is 110 Å². The Hall–Kier alpha value is -12.4. The van der Waals surface area contributed by atoms with Crippen molar-refractivity contribution in [2.75, 3.05) is 39.5 Å². The number of hydrogen-bond donors (Lipinski definition) is 8. The molecule has 3 saturated heterocycles. The number of rotatable bonds is 26. The maximum Gasteiger partial charge on any atom is 0.416 e. The van der Waals surface area contributed by atoms with Gasteiger partial charge in [-0.1, -0.05) is 136 Å². The molecule has 0 saturated carbocycles. The average molecular weight is 1880 g/mol. The number of aromatic amines is 3. The molecule has 9 atom stereocenters. The zero-order valence-corrected chi connectivity index (χ0v) is 69.0. The normalized spacial score (nSPS) is 21.4. The maximum absolute atomic E-state index is 14.2. The van der Waals surface area contributed by atoms with Crippen LogP contribution >= 0.6 is 0 Å². The van der Waals surface area contributed by atoms with Gasteiger partial charge in [0.05, 0.1) is 124 Å². The standard InChI is InChI=1S/C34H32F6N4O6.2C26H27F6N5O3.2CH4/c1-22(24-14-26(33(35,36)37)16-27(15-24)34(38,39)40)50-20-32(25-10-6-3-7-11-25)13-12-31(17-28(45)46,44-21-41-42-29(44)47)19-43(32)30(48)49-18-23-8-4-2-5-9-23;2*1-16(17-9-19(25(27,28)29)11-20(10-17)26(30,31)32)40-14-24(18-5-3-2-4-6-18)8-7-23(13-34-24,12-21(33)38)37-15-35-36-22(37)39;;/h2-11,14-16,21-22H,12-13,17-20H2,1H3,(H,42,47)(H,45,46);2*2-6,9-11,15-16,34H,7-8,12-14H2,1H3,(H2,33,38)(H,36,39);2*1H4/t22-,31-,32-;2*16-,23-,24-;;/m111../s1. The summed E-state index contributed by atoms with van der Waals surface area (Å²) in [7, 11) is 0. The van der Waals surface area contributed by atoms with E-state index in [1.807, 2.05) is 0 Å². The number of carboxylic acids is 1. The van der Waals surface area contributed by atoms with Crippen molar-refractivity contribution >= 4 is 23.9 Å². The molecule has 0 aliphatic carbocycles. The Balaban J connectivity index is 0.000000223. The zero-order valence-electron chi connectivity index (χ0n) is 69.0. The van der Waals surface area contributed by atoms with Crippen LogP contribution in [0.2, 0.25) is 0 Å². The number of carboxylic acid groups (broad SMARTS) is 1. The lowest BCUT2D eigenvalue weighted by atomic mass is 9.73. The molecule has 0 spiro atoms. The van der Waals surface area contributed by atoms with Crippen LogP contribution in [0.5, 0.6) is 0 Å². The summed E-state index contributed by atoms with van der Waals surface area (Å²) >= 11 is 0. The number of nitrogens with one attached hydrogen (secondary N) is 5. The Kier molecular flexibility index (Phi) is 31.9. The number of nitrogens with two attached hydrogens (primary N) is 2. The van der Waals surface area contributed by atoms with E-state index >= 15 is 0 Å². The van der Waals surface area contributed by atoms with Crippen LogP contribution in [0.4, 0.5) is 83.8 Å². The number of piperidine rings is 3. The Morgan fingerprint density at radius 2 is 0.705 bits per heavy atom. The van der Waals surface area contributed by atoms with Gasteiger partial charge in [0.2, 0.25) is 11.8 Å². The van der Waals surface area contributed by atoms with Crippen LogP contribution in [0.3, 0.4) is 0 Å². The van der Waals surface area contributed by atoms with Gasteiger partial charge in [-0.15, -0.1) is 0 Å². The first-order valence-corrected chi connectivity index (χ1v) is 39.9. The van der Waals surface area contributed by atoms with E-state index in [0.717, 1.165) is 22.0 Å². The van der Waals surface area contributed by atoms with E-state index in [-0.39, 0.29) is 128 Å². The summed E-state index contributed by atoms with van der Waals surface area (Å²) in [5, 5.41) is 34.7. The van der Waals surface area contributed by atoms with Gasteiger partial charge in [-0.25, -0.2) is 34.5 Å². The van der Waals surface area contributed by atoms with Crippen molar-refractivity contribution in [2.24, 2.45) is 11.5 Å². The molecule has 3 amide bonds. The molecule has 7 aromatic carbocycles. The molecule has 3 aliphatic rings. The largest absolute Gasteiger partial charge is 0.481 e. The number of H-pyrrole nitrogens is 3. The highest BCUT2D eigenvalue weighted by Crippen LogP contribution is 2.50. The zero-order chi connectivity index (χ0) is 95.0. The third-order valence-electron chi connectivity index (χ3n) is 23.6. The molecule has 3 fully saturated rings. The fraction of sp³-hybridized carbons (Fsp3) is 0.409. The first-order chi connectivity index (χ1) is 60.8. The second kappa shape index (κ2) is 40.7. The molecule has 714 valence electrons. The van der Waals surface area contributed by atoms with E-state index < -0.39 is 188 Å². The molecule has 6 heterocycles. The van der Waals surface area contributed by atoms with Crippen LogP contribution in [0, 0.1) is 0 Å². The van der Waals surface area contributed by atoms with E-state index in [1.54, 1.807) is 121 Å². The number of aromatic nitrogens is 9. The van der Waals surface area contributed by atoms with Crippen molar-refractivity contribution in [3.8, 4) is 0 Å². The number of benzene rings is 7. The molecular formula is C88H94F18N14O12. The van der Waals surface area contributed by atoms with E-state index in [1.165, 1.54) is 47.5 Å². The molecule has 3 aromatic heterocycles. The van der Waals surface area contributed by atoms with E-state index in [2.05, 4.69) is 41.2 Å². The lowest BCUT2D eigenvalue weighted by Crippen LogP contribution is -2.64. The van der Waals surface area contributed by atoms with Gasteiger partial charge in [-0.05, 0) is 153 Å². The molecule has 44 heteroatoms. The maximum atomic E-state index is 14.2. The van der Waals surface area contributed by atoms with Crippen LogP contribution in [0.25, 0.3) is 0 Å². The number of nitrogens with zero attached hydrogens (tertiary/aromatic N) is 7. The Bertz CT molecular complexity index is 5440. The summed E-state index contributed by atoms with van der Waals surface area (Å²) in [4.78, 5) is 89.1. The third kappa shape index (κ3) is 24.1. The summed E-state index contributed by atoms with van der Waals surface area (Å²) in [5.41, 5.74) is -4.97. The molecular weight excluding hydrogens is 1790 g/mol. The topological polar surface area (TPSA) is 357 Å². The highest BCUT2D eigenvalue weighted by molar-refractivity contribution is 5.75. The SMILES string of the molecule is C.C.C[C@@H](OC[C@@]1(c2ccccc2)CC[C@](CC(=O)O)(n2cn[nH]c2=O)CN1C(=O)OCc1ccccc1)c1cc(C(F)(F)F)cc(C(F)(F)F)c1.C[C@@H](OC[C@@]1(c2ccccc2)CC[C@](CC(N)=O)(n2cn[nH]c2=O)CN1)c1cc(C(F)(F)F)cc(C(F)(F)F)c1.C[C@@H](OC[C@@]1(c2ccccc2)CC[C@](CC(N)=O)(n2cn[nH]c2=O)CN1)c1cc(C(F)(F)F)cc(C(F)(F)F)c1. The van der Waals surface area contributed by atoms with Crippen molar-refractivity contribution < 1.29 is 122 Å². The lowest BCUT2D eigenvalue weighted by Gasteiger charge is -2.53. The van der Waals surface area contributed by atoms with Gasteiger partial charge < -0.3 is 46.2 Å². The predicted molar refractivity (Wildman–Crippen MR) is 440 cm³/mol. The van der Waals surface area contributed by atoms with Crippen LogP contribution < -0.4 is 39.2 Å². The van der Waals surface area contributed by atoms with E-state index in [0.29, 0.717) is 47.5 Å². The van der Waals surface area contributed by atoms with Gasteiger partial charge in [-0.2, -0.15) is 94.3 Å². The number of carbonyl (C=O) groups excluding carboxylic acids is 3. The molecule has 0 unspecified atom stereocenters. The van der Waals surface area contributed by atoms with Gasteiger partial charge in [0.15, 0.2) is 0 Å². The third-order valence-corrected chi connectivity index (χ3v) is 23.6. The summed E-state index contributed by atoms with van der Waals surface area (Å²) in [6, 6.07) is 38.8. The fourth-order valence-corrected chi connectivity index (χ4v) is 16.5. The number of hydrogen-bond acceptors (Lipinski definition) is 16. The molecule has 10 aromatic rings. The Morgan fingerprint density at radius 1 is 0.409 bits per heavy atom. The number of primary amides is 2. The summed E-state index contributed by atoms with van der Waals surface area (Å²) < 4.78 is 270. The lowest BCUT2D eigenvalue weighted by molar-refractivity contribution is -0.145. The van der Waals surface area contributed by atoms with Crippen LogP contribution in [0.1, 0.15) is 184 Å². The molecule has 132 heavy (non-hydrogen) atoms. The van der Waals surface area contributed by atoms with Gasteiger partial charge in [0.25, 0.3) is 0 Å². The van der Waals surface area contributed by atoms with Crippen molar-refractivity contribution in [1.29, 1.82) is 0 Å². The number of amides is 3. The number of aliphatic carboxylic acids is 1. The first kappa shape index (κ1) is 103. The second-order valence-electron chi connectivity index (χ2n) is 32.1. The van der Waals surface area contributed by atoms with Crippen LogP contribution in [-0.4, -0.2) is 118 Å². The molecule has 0 radical (unpaired) electrons. The number of alkyl halides is 18. The summed E-state index contributed by atoms with van der Waals surface area (Å²) in [5.74, 6) is -2.56. The minimum Gasteiger partial charge on any atom is -0.481 e. The molecule has 0 bridgehead atoms. The number of carbonyl (C=O) groups is 4. The van der Waals surface area contributed by atoms with Crippen LogP contribution in [0.15, 0.2) is 209 Å². The number of likely N-dealkylation sites (tertiary alicyclic amines) is 1. The second-order valence-corrected chi connectivity index (χ2v) is 32.1. The monoisotopic (exact) mass is 1880 g/mol. The van der Waals surface area contributed by atoms with Gasteiger partial charge in [-0.3, -0.25) is 33.0 Å². The Morgan fingerprint density at radius 3 is 0.985 bits per heavy atom. The molecule has 26 nitrogen and oxygen atoms in total. The summed E-state index contributed by atoms with van der Waals surface area (Å²) in [6.45, 7) is 2.84. The average Bonchev–Trinajstić information content (AvgIpc) is 1.06. The first-order valence-electron chi connectivity index (χ1n) is 39.9. The van der Waals surface area contributed by atoms with Crippen molar-refractivity contribution in [3.05, 3.63) is 299 Å². The van der Waals surface area contributed by atoms with Crippen molar-refractivity contribution in [3.63, 3.8) is 0 Å². The summed E-state index contributed by atoms with van der Waals surface area (Å²) in [6.07, 6.45) is -31.0. The smallest absolute Gasteiger partial charge is 0.416 e. The quantitative estimate of drug-likeness (QED) is 0.0233. The van der Waals surface area contributed by atoms with E-state index in [4.69, 9.17) is 30.4 Å². The number of halogens is 18. The highest BCUT2D eigenvalue weighted by atomic mass is 19.4. The van der Waals surface area contributed by atoms with Crippen molar-refractivity contribution in [1.82, 2.24) is 59.8 Å². The molecule has 3 aliphatic heterocycles. The van der Waals surface area contributed by atoms with Gasteiger partial charge >= 0.3 is 66.2 Å². The van der Waals surface area contributed by atoms with Crippen molar-refractivity contribution in [2.45, 2.75) is 189 Å². The van der Waals surface area contributed by atoms with Gasteiger partial charge in [0.1, 0.15) is 25.6 Å². The van der Waals surface area contributed by atoms with Gasteiger partial charge in [0, 0.05) is 19.6 Å².